The van der Waals surface area contributed by atoms with E-state index in [-0.39, 0.29) is 29.0 Å². The minimum Gasteiger partial charge on any atom is -0.490 e. The Hall–Kier alpha value is -3.47. The van der Waals surface area contributed by atoms with E-state index in [1.54, 1.807) is 24.1 Å². The Morgan fingerprint density at radius 3 is 2.76 bits per heavy atom. The topological polar surface area (TPSA) is 103 Å². The molecule has 4 aliphatic rings. The lowest BCUT2D eigenvalue weighted by Gasteiger charge is -2.46. The van der Waals surface area contributed by atoms with Gasteiger partial charge in [0.05, 0.1) is 45.6 Å². The van der Waals surface area contributed by atoms with Crippen LogP contribution in [0.2, 0.25) is 5.02 Å². The molecule has 9 nitrogen and oxygen atoms in total. The van der Waals surface area contributed by atoms with E-state index in [1.807, 2.05) is 39.0 Å². The summed E-state index contributed by atoms with van der Waals surface area (Å²) in [4.78, 5) is 30.1. The number of allylic oxidation sites excluding steroid dienone is 1. The maximum absolute atomic E-state index is 14.9. The van der Waals surface area contributed by atoms with E-state index in [9.17, 15) is 13.8 Å². The predicted molar refractivity (Wildman–Crippen MR) is 202 cm³/mol. The first kappa shape index (κ1) is 35.9. The molecule has 7 atom stereocenters. The second-order valence-electron chi connectivity index (χ2n) is 15.1. The van der Waals surface area contributed by atoms with Crippen molar-refractivity contribution < 1.29 is 23.3 Å². The molecule has 2 aliphatic heterocycles. The molecule has 1 fully saturated rings. The van der Waals surface area contributed by atoms with Crippen molar-refractivity contribution in [1.82, 2.24) is 9.78 Å². The van der Waals surface area contributed by atoms with Crippen LogP contribution >= 0.6 is 11.6 Å². The van der Waals surface area contributed by atoms with Gasteiger partial charge in [-0.25, -0.2) is 4.21 Å². The van der Waals surface area contributed by atoms with Crippen LogP contribution < -0.4 is 9.64 Å². The van der Waals surface area contributed by atoms with Gasteiger partial charge in [-0.2, -0.15) is 9.46 Å². The van der Waals surface area contributed by atoms with Crippen LogP contribution in [0.25, 0.3) is 0 Å². The molecule has 1 saturated carbocycles. The van der Waals surface area contributed by atoms with Gasteiger partial charge in [-0.3, -0.25) is 14.3 Å². The van der Waals surface area contributed by atoms with Gasteiger partial charge in [0.25, 0.3) is 5.91 Å². The molecule has 1 spiro atoms. The van der Waals surface area contributed by atoms with Gasteiger partial charge in [0.15, 0.2) is 5.78 Å². The summed E-state index contributed by atoms with van der Waals surface area (Å²) in [5.41, 5.74) is 3.84. The van der Waals surface area contributed by atoms with Crippen LogP contribution in [0, 0.1) is 17.8 Å². The van der Waals surface area contributed by atoms with E-state index in [4.69, 9.17) is 21.1 Å². The molecule has 2 bridgehead atoms. The molecule has 3 heterocycles. The number of ether oxygens (including phenoxy) is 2. The number of fused-ring (bicyclic) bond motifs is 4. The Morgan fingerprint density at radius 1 is 1.18 bits per heavy atom. The van der Waals surface area contributed by atoms with E-state index in [0.29, 0.717) is 42.5 Å². The molecule has 0 radical (unpaired) electrons. The molecular formula is C40H49ClN4O5S. The molecule has 3 aromatic rings. The third kappa shape index (κ3) is 7.03. The van der Waals surface area contributed by atoms with Crippen molar-refractivity contribution in [2.24, 2.45) is 22.1 Å². The number of nitrogens with zero attached hydrogens (tertiary/aromatic N) is 4. The second-order valence-corrected chi connectivity index (χ2v) is 18.1. The normalized spacial score (nSPS) is 31.4. The number of ketones is 1. The number of hydrogen-bond acceptors (Lipinski definition) is 7. The summed E-state index contributed by atoms with van der Waals surface area (Å²) in [7, 11) is -1.57. The fourth-order valence-electron chi connectivity index (χ4n) is 8.55. The lowest BCUT2D eigenvalue weighted by molar-refractivity contribution is 0.0131. The van der Waals surface area contributed by atoms with Crippen molar-refractivity contribution >= 4 is 38.7 Å². The van der Waals surface area contributed by atoms with Crippen molar-refractivity contribution in [3.8, 4) is 5.75 Å². The molecule has 2 aromatic carbocycles. The quantitative estimate of drug-likeness (QED) is 0.197. The van der Waals surface area contributed by atoms with E-state index < -0.39 is 20.9 Å². The minimum atomic E-state index is -3.35. The van der Waals surface area contributed by atoms with Crippen molar-refractivity contribution in [1.29, 1.82) is 0 Å². The number of carbonyl (C=O) groups is 2. The summed E-state index contributed by atoms with van der Waals surface area (Å²) in [5.74, 6) is 0.0649. The van der Waals surface area contributed by atoms with Crippen LogP contribution in [-0.4, -0.2) is 69.6 Å². The summed E-state index contributed by atoms with van der Waals surface area (Å²) in [6.07, 6.45) is 13.2. The van der Waals surface area contributed by atoms with Crippen molar-refractivity contribution in [3.05, 3.63) is 88.2 Å². The van der Waals surface area contributed by atoms with Crippen molar-refractivity contribution in [2.45, 2.75) is 82.6 Å². The van der Waals surface area contributed by atoms with Gasteiger partial charge in [0, 0.05) is 54.2 Å². The zero-order valence-electron chi connectivity index (χ0n) is 30.1. The summed E-state index contributed by atoms with van der Waals surface area (Å²) >= 11 is 6.47. The molecule has 1 aromatic heterocycles. The highest BCUT2D eigenvalue weighted by atomic mass is 35.5. The standard InChI is InChI=1S/C40H49ClN4O5S/c1-5-45-22-31(20-42-45)36(46)23-51(48)27(3)26(2)8-6-10-37(49-4)33-14-11-30(33)21-44-24-40(17-7-9-28-18-32(41)13-15-34(28)40)25-50-38-16-12-29(19-35(38)44)39(47)43-51/h6,10,12-13,15-16,18-20,22,26-27,30,33,37H,5,7-9,11,14,17,21,23-25H2,1-4H3/b10-6+/t26-,27+,30-,33+,37-,40-,51-/m0/s1. The number of benzene rings is 2. The van der Waals surface area contributed by atoms with Crippen LogP contribution in [0.4, 0.5) is 5.69 Å². The first-order chi connectivity index (χ1) is 24.5. The number of hydrogen-bond donors (Lipinski definition) is 0. The molecule has 11 heteroatoms. The summed E-state index contributed by atoms with van der Waals surface area (Å²) in [6.45, 7) is 8.43. The van der Waals surface area contributed by atoms with Gasteiger partial charge in [-0.15, -0.1) is 0 Å². The molecule has 0 saturated heterocycles. The minimum absolute atomic E-state index is 0.0491. The monoisotopic (exact) mass is 732 g/mol. The maximum atomic E-state index is 14.9. The molecule has 1 amide bonds. The second kappa shape index (κ2) is 14.5. The zero-order valence-corrected chi connectivity index (χ0v) is 31.6. The molecule has 0 unspecified atom stereocenters. The van der Waals surface area contributed by atoms with Gasteiger partial charge in [-0.05, 0) is 112 Å². The Bertz CT molecular complexity index is 1970. The summed E-state index contributed by atoms with van der Waals surface area (Å²) in [6, 6.07) is 11.7. The molecular weight excluding hydrogens is 684 g/mol. The third-order valence-corrected chi connectivity index (χ3v) is 15.0. The number of methoxy groups -OCH3 is 1. The molecule has 7 rings (SSSR count). The summed E-state index contributed by atoms with van der Waals surface area (Å²) in [5, 5.41) is 4.44. The number of rotatable bonds is 5. The first-order valence-electron chi connectivity index (χ1n) is 18.4. The van der Waals surface area contributed by atoms with Crippen LogP contribution in [0.5, 0.6) is 5.75 Å². The molecule has 51 heavy (non-hydrogen) atoms. The Morgan fingerprint density at radius 2 is 2.02 bits per heavy atom. The van der Waals surface area contributed by atoms with Crippen LogP contribution in [0.1, 0.15) is 84.7 Å². The average molecular weight is 733 g/mol. The highest BCUT2D eigenvalue weighted by Gasteiger charge is 2.44. The van der Waals surface area contributed by atoms with Crippen LogP contribution in [-0.2, 0) is 32.8 Å². The number of halogens is 1. The first-order valence-corrected chi connectivity index (χ1v) is 20.5. The molecule has 0 N–H and O–H groups in total. The van der Waals surface area contributed by atoms with Gasteiger partial charge in [0.1, 0.15) is 5.75 Å². The Labute approximate surface area is 306 Å². The zero-order chi connectivity index (χ0) is 35.9. The van der Waals surface area contributed by atoms with E-state index in [1.165, 1.54) is 17.3 Å². The van der Waals surface area contributed by atoms with Gasteiger partial charge in [-0.1, -0.05) is 36.7 Å². The van der Waals surface area contributed by atoms with Crippen LogP contribution in [0.3, 0.4) is 0 Å². The van der Waals surface area contributed by atoms with Gasteiger partial charge in [0.2, 0.25) is 0 Å². The average Bonchev–Trinajstić information content (AvgIpc) is 3.55. The number of carbonyl (C=O) groups excluding carboxylic acids is 2. The molecule has 2 aliphatic carbocycles. The fraction of sp³-hybridized carbons (Fsp3) is 0.525. The maximum Gasteiger partial charge on any atom is 0.285 e. The number of aryl methyl sites for hydroxylation is 2. The van der Waals surface area contributed by atoms with Crippen molar-refractivity contribution in [3.63, 3.8) is 0 Å². The fourth-order valence-corrected chi connectivity index (χ4v) is 11.0. The predicted octanol–water partition coefficient (Wildman–Crippen LogP) is 7.55. The van der Waals surface area contributed by atoms with Gasteiger partial charge < -0.3 is 14.4 Å². The summed E-state index contributed by atoms with van der Waals surface area (Å²) < 4.78 is 33.8. The highest BCUT2D eigenvalue weighted by Crippen LogP contribution is 2.47. The third-order valence-electron chi connectivity index (χ3n) is 12.0. The smallest absolute Gasteiger partial charge is 0.285 e. The largest absolute Gasteiger partial charge is 0.490 e. The number of aromatic nitrogens is 2. The van der Waals surface area contributed by atoms with E-state index >= 15 is 0 Å². The lowest BCUT2D eigenvalue weighted by atomic mass is 9.68. The number of anilines is 1. The number of amides is 1. The Balaban J connectivity index is 1.32. The van der Waals surface area contributed by atoms with Crippen LogP contribution in [0.15, 0.2) is 65.3 Å². The SMILES string of the molecule is CCn1cc(C(=O)C[S@@]2(=O)=NC(=O)c3ccc4c(c3)N(C[C@@H]3CC[C@H]3[C@@H](OC)/C=C/C[C@H](C)[C@H]2C)C[C@@]2(CCCc3cc(Cl)ccc32)CO4)cn1. The van der Waals surface area contributed by atoms with E-state index in [2.05, 4.69) is 38.6 Å². The van der Waals surface area contributed by atoms with Gasteiger partial charge >= 0.3 is 0 Å². The highest BCUT2D eigenvalue weighted by molar-refractivity contribution is 7.95. The van der Waals surface area contributed by atoms with E-state index in [0.717, 1.165) is 61.7 Å². The number of Topliss-reactive ketones (excluding diaryl/α,β-unsaturated/α-hetero) is 1. The lowest BCUT2D eigenvalue weighted by Crippen LogP contribution is -2.49. The van der Waals surface area contributed by atoms with Crippen molar-refractivity contribution in [2.75, 3.05) is 37.5 Å². The molecule has 272 valence electrons. The Kier molecular flexibility index (Phi) is 10.2.